The maximum atomic E-state index is 11.2. The van der Waals surface area contributed by atoms with E-state index in [1.807, 2.05) is 0 Å². The molecule has 1 fully saturated rings. The molecule has 1 aliphatic heterocycles. The van der Waals surface area contributed by atoms with E-state index in [0.29, 0.717) is 13.1 Å². The molecule has 2 rings (SSSR count). The van der Waals surface area contributed by atoms with Gasteiger partial charge in [0.1, 0.15) is 6.04 Å². The molecule has 0 bridgehead atoms. The molecule has 1 aromatic carbocycles. The quantitative estimate of drug-likeness (QED) is 0.705. The maximum Gasteiger partial charge on any atom is 0.335 e. The summed E-state index contributed by atoms with van der Waals surface area (Å²) >= 11 is 0. The molecule has 16 heavy (non-hydrogen) atoms. The number of hydrogen-bond acceptors (Lipinski definition) is 3. The Kier molecular flexibility index (Phi) is 2.62. The topological polar surface area (TPSA) is 83.6 Å². The van der Waals surface area contributed by atoms with Gasteiger partial charge in [0.2, 0.25) is 5.91 Å². The molecule has 1 heterocycles. The largest absolute Gasteiger partial charge is 0.478 e. The van der Waals surface area contributed by atoms with Gasteiger partial charge in [-0.3, -0.25) is 4.79 Å². The third-order valence-corrected chi connectivity index (χ3v) is 2.62. The lowest BCUT2D eigenvalue weighted by Gasteiger charge is -2.36. The standard InChI is InChI=1S/C11H12N2O3/c12-9-6-13(10(9)14)5-7-1-3-8(4-2-7)11(15)16/h1-4,9H,5-6,12H2,(H,15,16). The average Bonchev–Trinajstić information content (AvgIpc) is 2.29. The number of β-lactam (4-membered cyclic amide) rings is 1. The Morgan fingerprint density at radius 2 is 2.06 bits per heavy atom. The minimum Gasteiger partial charge on any atom is -0.478 e. The van der Waals surface area contributed by atoms with Gasteiger partial charge in [-0.05, 0) is 17.7 Å². The number of carbonyl (C=O) groups is 2. The van der Waals surface area contributed by atoms with Gasteiger partial charge < -0.3 is 15.7 Å². The highest BCUT2D eigenvalue weighted by molar-refractivity contribution is 5.88. The molecule has 0 spiro atoms. The molecule has 0 saturated carbocycles. The number of benzene rings is 1. The Morgan fingerprint density at radius 3 is 2.50 bits per heavy atom. The van der Waals surface area contributed by atoms with Crippen LogP contribution in [0.15, 0.2) is 24.3 Å². The summed E-state index contributed by atoms with van der Waals surface area (Å²) in [4.78, 5) is 23.5. The van der Waals surface area contributed by atoms with E-state index in [1.54, 1.807) is 17.0 Å². The molecule has 1 unspecified atom stereocenters. The van der Waals surface area contributed by atoms with Crippen LogP contribution in [0.3, 0.4) is 0 Å². The van der Waals surface area contributed by atoms with Crippen LogP contribution < -0.4 is 5.73 Å². The van der Waals surface area contributed by atoms with Crippen molar-refractivity contribution in [1.82, 2.24) is 4.90 Å². The minimum atomic E-state index is -0.950. The molecule has 1 amide bonds. The second-order valence-corrected chi connectivity index (χ2v) is 3.83. The second kappa shape index (κ2) is 3.94. The van der Waals surface area contributed by atoms with E-state index >= 15 is 0 Å². The van der Waals surface area contributed by atoms with E-state index in [2.05, 4.69) is 0 Å². The van der Waals surface area contributed by atoms with Gasteiger partial charge in [0.25, 0.3) is 0 Å². The van der Waals surface area contributed by atoms with Crippen molar-refractivity contribution in [2.24, 2.45) is 5.73 Å². The number of hydrogen-bond donors (Lipinski definition) is 2. The van der Waals surface area contributed by atoms with Gasteiger partial charge in [-0.25, -0.2) is 4.79 Å². The summed E-state index contributed by atoms with van der Waals surface area (Å²) in [6.07, 6.45) is 0. The number of nitrogens with two attached hydrogens (primary N) is 1. The van der Waals surface area contributed by atoms with E-state index in [0.717, 1.165) is 5.56 Å². The summed E-state index contributed by atoms with van der Waals surface area (Å²) in [5.74, 6) is -1.00. The Balaban J connectivity index is 2.01. The van der Waals surface area contributed by atoms with Gasteiger partial charge >= 0.3 is 5.97 Å². The van der Waals surface area contributed by atoms with Crippen LogP contribution in [0.2, 0.25) is 0 Å². The minimum absolute atomic E-state index is 0.0534. The number of amides is 1. The van der Waals surface area contributed by atoms with Crippen LogP contribution >= 0.6 is 0 Å². The van der Waals surface area contributed by atoms with Crippen LogP contribution in [0.5, 0.6) is 0 Å². The summed E-state index contributed by atoms with van der Waals surface area (Å²) in [7, 11) is 0. The van der Waals surface area contributed by atoms with Gasteiger partial charge in [-0.15, -0.1) is 0 Å². The Hall–Kier alpha value is -1.88. The van der Waals surface area contributed by atoms with Crippen molar-refractivity contribution in [1.29, 1.82) is 0 Å². The summed E-state index contributed by atoms with van der Waals surface area (Å²) in [5, 5.41) is 8.71. The molecular weight excluding hydrogens is 208 g/mol. The molecule has 3 N–H and O–H groups in total. The molecule has 84 valence electrons. The molecule has 0 aromatic heterocycles. The number of nitrogens with zero attached hydrogens (tertiary/aromatic N) is 1. The molecular formula is C11H12N2O3. The van der Waals surface area contributed by atoms with Crippen molar-refractivity contribution < 1.29 is 14.7 Å². The maximum absolute atomic E-state index is 11.2. The monoisotopic (exact) mass is 220 g/mol. The molecule has 5 nitrogen and oxygen atoms in total. The molecule has 0 aliphatic carbocycles. The summed E-state index contributed by atoms with van der Waals surface area (Å²) in [6.45, 7) is 1.06. The fourth-order valence-corrected chi connectivity index (χ4v) is 1.64. The first-order chi connectivity index (χ1) is 7.58. The molecule has 1 aliphatic rings. The lowest BCUT2D eigenvalue weighted by Crippen LogP contribution is -2.60. The van der Waals surface area contributed by atoms with Gasteiger partial charge in [0, 0.05) is 13.1 Å². The summed E-state index contributed by atoms with van der Waals surface area (Å²) < 4.78 is 0. The van der Waals surface area contributed by atoms with Gasteiger partial charge in [-0.1, -0.05) is 12.1 Å². The number of likely N-dealkylation sites (tertiary alicyclic amines) is 1. The van der Waals surface area contributed by atoms with Crippen LogP contribution in [0.1, 0.15) is 15.9 Å². The normalized spacial score (nSPS) is 19.4. The van der Waals surface area contributed by atoms with Crippen molar-refractivity contribution in [3.8, 4) is 0 Å². The third-order valence-electron chi connectivity index (χ3n) is 2.62. The van der Waals surface area contributed by atoms with Crippen molar-refractivity contribution in [2.75, 3.05) is 6.54 Å². The molecule has 1 aromatic rings. The Morgan fingerprint density at radius 1 is 1.44 bits per heavy atom. The van der Waals surface area contributed by atoms with E-state index in [4.69, 9.17) is 10.8 Å². The van der Waals surface area contributed by atoms with Crippen molar-refractivity contribution in [3.05, 3.63) is 35.4 Å². The second-order valence-electron chi connectivity index (χ2n) is 3.83. The fourth-order valence-electron chi connectivity index (χ4n) is 1.64. The Bertz CT molecular complexity index is 427. The number of carboxylic acid groups (broad SMARTS) is 1. The van der Waals surface area contributed by atoms with Crippen molar-refractivity contribution in [3.63, 3.8) is 0 Å². The number of carbonyl (C=O) groups excluding carboxylic acids is 1. The Labute approximate surface area is 92.5 Å². The number of aromatic carboxylic acids is 1. The van der Waals surface area contributed by atoms with Gasteiger partial charge in [0.05, 0.1) is 5.56 Å². The highest BCUT2D eigenvalue weighted by atomic mass is 16.4. The average molecular weight is 220 g/mol. The first kappa shape index (κ1) is 10.6. The zero-order chi connectivity index (χ0) is 11.7. The number of rotatable bonds is 3. The van der Waals surface area contributed by atoms with E-state index in [1.165, 1.54) is 12.1 Å². The zero-order valence-electron chi connectivity index (χ0n) is 8.59. The summed E-state index contributed by atoms with van der Waals surface area (Å²) in [6, 6.07) is 6.11. The van der Waals surface area contributed by atoms with Crippen LogP contribution in [0, 0.1) is 0 Å². The predicted octanol–water partition coefficient (Wildman–Crippen LogP) is 0.0543. The van der Waals surface area contributed by atoms with Crippen molar-refractivity contribution >= 4 is 11.9 Å². The van der Waals surface area contributed by atoms with Crippen LogP contribution in [0.4, 0.5) is 0 Å². The first-order valence-corrected chi connectivity index (χ1v) is 4.94. The number of carboxylic acids is 1. The van der Waals surface area contributed by atoms with Crippen LogP contribution in [-0.2, 0) is 11.3 Å². The third kappa shape index (κ3) is 1.90. The predicted molar refractivity (Wildman–Crippen MR) is 56.8 cm³/mol. The first-order valence-electron chi connectivity index (χ1n) is 4.94. The fraction of sp³-hybridized carbons (Fsp3) is 0.273. The highest BCUT2D eigenvalue weighted by Gasteiger charge is 2.32. The van der Waals surface area contributed by atoms with E-state index in [9.17, 15) is 9.59 Å². The SMILES string of the molecule is NC1CN(Cc2ccc(C(=O)O)cc2)C1=O. The summed E-state index contributed by atoms with van der Waals surface area (Å²) in [5.41, 5.74) is 6.61. The molecule has 5 heteroatoms. The van der Waals surface area contributed by atoms with Crippen LogP contribution in [-0.4, -0.2) is 34.5 Å². The van der Waals surface area contributed by atoms with E-state index in [-0.39, 0.29) is 17.5 Å². The smallest absolute Gasteiger partial charge is 0.335 e. The van der Waals surface area contributed by atoms with Crippen molar-refractivity contribution in [2.45, 2.75) is 12.6 Å². The highest BCUT2D eigenvalue weighted by Crippen LogP contribution is 2.14. The molecule has 1 atom stereocenters. The molecule has 0 radical (unpaired) electrons. The zero-order valence-corrected chi connectivity index (χ0v) is 8.59. The van der Waals surface area contributed by atoms with E-state index < -0.39 is 5.97 Å². The lowest BCUT2D eigenvalue weighted by atomic mass is 10.1. The van der Waals surface area contributed by atoms with Gasteiger partial charge in [0.15, 0.2) is 0 Å². The molecule has 1 saturated heterocycles. The van der Waals surface area contributed by atoms with Crippen LogP contribution in [0.25, 0.3) is 0 Å². The van der Waals surface area contributed by atoms with Gasteiger partial charge in [-0.2, -0.15) is 0 Å². The lowest BCUT2D eigenvalue weighted by molar-refractivity contribution is -0.143.